The third kappa shape index (κ3) is 2.46. The van der Waals surface area contributed by atoms with Gasteiger partial charge in [0.25, 0.3) is 8.05 Å². The second-order valence-electron chi connectivity index (χ2n) is 4.21. The molecule has 0 saturated carbocycles. The van der Waals surface area contributed by atoms with Gasteiger partial charge in [0, 0.05) is 13.1 Å². The molecule has 1 aliphatic heterocycles. The van der Waals surface area contributed by atoms with Gasteiger partial charge in [-0.25, -0.2) is 0 Å². The van der Waals surface area contributed by atoms with E-state index in [9.17, 15) is 0 Å². The summed E-state index contributed by atoms with van der Waals surface area (Å²) >= 11 is 0. The molecule has 1 fully saturated rings. The van der Waals surface area contributed by atoms with Gasteiger partial charge >= 0.3 is 0 Å². The fourth-order valence-electron chi connectivity index (χ4n) is 2.23. The first-order valence-electron chi connectivity index (χ1n) is 5.73. The Bertz CT molecular complexity index is 314. The van der Waals surface area contributed by atoms with Gasteiger partial charge in [0.15, 0.2) is 0 Å². The van der Waals surface area contributed by atoms with Crippen molar-refractivity contribution in [1.29, 1.82) is 0 Å². The molecule has 2 radical (unpaired) electrons. The monoisotopic (exact) mass is 216 g/mol. The zero-order chi connectivity index (χ0) is 11.4. The highest BCUT2D eigenvalue weighted by atomic mass is 16.5. The van der Waals surface area contributed by atoms with E-state index in [-0.39, 0.29) is 12.3 Å². The van der Waals surface area contributed by atoms with Gasteiger partial charge in [-0.3, -0.25) is 4.90 Å². The van der Waals surface area contributed by atoms with E-state index < -0.39 is 0 Å². The summed E-state index contributed by atoms with van der Waals surface area (Å²) in [5.41, 5.74) is 7.24. The van der Waals surface area contributed by atoms with Gasteiger partial charge in [0.2, 0.25) is 0 Å². The van der Waals surface area contributed by atoms with Crippen LogP contribution in [0.5, 0.6) is 0 Å². The molecule has 0 amide bonds. The molecule has 1 saturated heterocycles. The van der Waals surface area contributed by atoms with Crippen molar-refractivity contribution in [3.63, 3.8) is 0 Å². The Balaban J connectivity index is 2.08. The molecule has 2 N–H and O–H groups in total. The molecule has 16 heavy (non-hydrogen) atoms. The van der Waals surface area contributed by atoms with Crippen molar-refractivity contribution in [3.8, 4) is 0 Å². The predicted octanol–water partition coefficient (Wildman–Crippen LogP) is 1.21. The van der Waals surface area contributed by atoms with E-state index in [4.69, 9.17) is 18.4 Å². The summed E-state index contributed by atoms with van der Waals surface area (Å²) in [4.78, 5) is 2.21. The Morgan fingerprint density at radius 3 is 2.38 bits per heavy atom. The normalized spacial score (nSPS) is 20.8. The van der Waals surface area contributed by atoms with E-state index in [1.807, 2.05) is 30.3 Å². The molecule has 0 aliphatic carbocycles. The van der Waals surface area contributed by atoms with Crippen molar-refractivity contribution in [2.75, 3.05) is 13.1 Å². The number of nitrogens with two attached hydrogens (primary N) is 1. The van der Waals surface area contributed by atoms with Gasteiger partial charge in [-0.1, -0.05) is 30.3 Å². The van der Waals surface area contributed by atoms with Crippen molar-refractivity contribution < 1.29 is 4.65 Å². The first-order valence-corrected chi connectivity index (χ1v) is 5.73. The Hall–Kier alpha value is -0.835. The minimum Gasteiger partial charge on any atom is -0.432 e. The lowest BCUT2D eigenvalue weighted by atomic mass is 10.1. The molecule has 2 atom stereocenters. The van der Waals surface area contributed by atoms with E-state index in [2.05, 4.69) is 4.90 Å². The van der Waals surface area contributed by atoms with E-state index in [1.165, 1.54) is 12.8 Å². The highest BCUT2D eigenvalue weighted by molar-refractivity contribution is 5.98. The van der Waals surface area contributed by atoms with Crippen LogP contribution < -0.4 is 5.73 Å². The maximum Gasteiger partial charge on any atom is 0.284 e. The maximum atomic E-state index is 6.18. The fraction of sp³-hybridized carbons (Fsp3) is 0.500. The van der Waals surface area contributed by atoms with Crippen LogP contribution in [0.4, 0.5) is 0 Å². The van der Waals surface area contributed by atoms with Crippen LogP contribution in [0.15, 0.2) is 30.3 Å². The van der Waals surface area contributed by atoms with Crippen molar-refractivity contribution in [3.05, 3.63) is 35.9 Å². The molecule has 1 unspecified atom stereocenters. The van der Waals surface area contributed by atoms with Crippen LogP contribution in [0.1, 0.15) is 24.4 Å². The number of hydrogen-bond acceptors (Lipinski definition) is 3. The van der Waals surface area contributed by atoms with Crippen LogP contribution in [0.2, 0.25) is 0 Å². The Labute approximate surface area is 98.0 Å². The van der Waals surface area contributed by atoms with Gasteiger partial charge in [-0.15, -0.1) is 0 Å². The number of benzene rings is 1. The minimum absolute atomic E-state index is 0.190. The zero-order valence-electron chi connectivity index (χ0n) is 9.38. The first-order chi connectivity index (χ1) is 7.83. The second-order valence-corrected chi connectivity index (χ2v) is 4.21. The third-order valence-corrected chi connectivity index (χ3v) is 3.13. The Morgan fingerprint density at radius 1 is 1.19 bits per heavy atom. The van der Waals surface area contributed by atoms with Gasteiger partial charge < -0.3 is 10.4 Å². The average molecular weight is 216 g/mol. The number of nitrogens with zero attached hydrogens (tertiary/aromatic N) is 1. The lowest BCUT2D eigenvalue weighted by Gasteiger charge is -2.31. The summed E-state index contributed by atoms with van der Waals surface area (Å²) in [5.74, 6) is 0. The van der Waals surface area contributed by atoms with Crippen LogP contribution in [0.25, 0.3) is 0 Å². The van der Waals surface area contributed by atoms with Gasteiger partial charge in [0.05, 0.1) is 6.04 Å². The minimum atomic E-state index is -0.218. The van der Waals surface area contributed by atoms with E-state index in [0.717, 1.165) is 18.7 Å². The number of likely N-dealkylation sites (tertiary alicyclic amines) is 1. The summed E-state index contributed by atoms with van der Waals surface area (Å²) in [7, 11) is 5.37. The van der Waals surface area contributed by atoms with Crippen LogP contribution in [-0.4, -0.2) is 32.3 Å². The van der Waals surface area contributed by atoms with E-state index >= 15 is 0 Å². The SMILES string of the molecule is [B]OC([C@@H](N)c1ccccc1)N1CCCC1. The summed E-state index contributed by atoms with van der Waals surface area (Å²) in [5, 5.41) is 0. The van der Waals surface area contributed by atoms with Crippen molar-refractivity contribution in [2.45, 2.75) is 25.1 Å². The molecule has 1 aliphatic rings. The maximum absolute atomic E-state index is 6.18. The zero-order valence-corrected chi connectivity index (χ0v) is 9.38. The Morgan fingerprint density at radius 2 is 1.81 bits per heavy atom. The fourth-order valence-corrected chi connectivity index (χ4v) is 2.23. The van der Waals surface area contributed by atoms with Crippen LogP contribution >= 0.6 is 0 Å². The highest BCUT2D eigenvalue weighted by Crippen LogP contribution is 2.22. The number of rotatable bonds is 4. The van der Waals surface area contributed by atoms with Crippen molar-refractivity contribution >= 4 is 8.05 Å². The van der Waals surface area contributed by atoms with E-state index in [1.54, 1.807) is 0 Å². The van der Waals surface area contributed by atoms with Gasteiger partial charge in [-0.05, 0) is 18.4 Å². The molecule has 0 bridgehead atoms. The molecule has 1 heterocycles. The number of hydrogen-bond donors (Lipinski definition) is 1. The predicted molar refractivity (Wildman–Crippen MR) is 64.8 cm³/mol. The quantitative estimate of drug-likeness (QED) is 0.768. The first kappa shape index (κ1) is 11.6. The molecule has 3 nitrogen and oxygen atoms in total. The summed E-state index contributed by atoms with van der Waals surface area (Å²) in [6.45, 7) is 2.03. The molecular formula is C12H17BN2O. The standard InChI is InChI=1S/C12H17BN2O/c13-16-12(15-8-4-5-9-15)11(14)10-6-2-1-3-7-10/h1-3,6-7,11-12H,4-5,8-9,14H2/t11-,12?/m0/s1. The average Bonchev–Trinajstić information content (AvgIpc) is 2.85. The lowest BCUT2D eigenvalue weighted by molar-refractivity contribution is 0.0285. The molecule has 1 aromatic carbocycles. The molecule has 84 valence electrons. The topological polar surface area (TPSA) is 38.5 Å². The van der Waals surface area contributed by atoms with Gasteiger partial charge in [0.1, 0.15) is 6.23 Å². The van der Waals surface area contributed by atoms with Gasteiger partial charge in [-0.2, -0.15) is 0 Å². The molecule has 4 heteroatoms. The molecular weight excluding hydrogens is 199 g/mol. The third-order valence-electron chi connectivity index (χ3n) is 3.13. The molecule has 2 rings (SSSR count). The molecule has 0 spiro atoms. The molecule has 1 aromatic rings. The van der Waals surface area contributed by atoms with Crippen molar-refractivity contribution in [1.82, 2.24) is 4.90 Å². The van der Waals surface area contributed by atoms with Crippen LogP contribution in [-0.2, 0) is 4.65 Å². The summed E-state index contributed by atoms with van der Waals surface area (Å²) in [6.07, 6.45) is 2.17. The molecule has 0 aromatic heterocycles. The van der Waals surface area contributed by atoms with Crippen LogP contribution in [0.3, 0.4) is 0 Å². The summed E-state index contributed by atoms with van der Waals surface area (Å²) < 4.78 is 5.05. The Kier molecular flexibility index (Phi) is 3.99. The van der Waals surface area contributed by atoms with Crippen LogP contribution in [0, 0.1) is 0 Å². The largest absolute Gasteiger partial charge is 0.432 e. The lowest BCUT2D eigenvalue weighted by Crippen LogP contribution is -2.42. The smallest absolute Gasteiger partial charge is 0.284 e. The van der Waals surface area contributed by atoms with E-state index in [0.29, 0.717) is 0 Å². The highest BCUT2D eigenvalue weighted by Gasteiger charge is 2.27. The second kappa shape index (κ2) is 5.48. The summed E-state index contributed by atoms with van der Waals surface area (Å²) in [6, 6.07) is 9.76. The van der Waals surface area contributed by atoms with Crippen molar-refractivity contribution in [2.24, 2.45) is 5.73 Å².